The molecule has 4 rings (SSSR count). The van der Waals surface area contributed by atoms with Crippen molar-refractivity contribution in [2.45, 2.75) is 89.6 Å². The first kappa shape index (κ1) is 25.6. The minimum Gasteiger partial charge on any atom is -0.494 e. The summed E-state index contributed by atoms with van der Waals surface area (Å²) in [6.45, 7) is 4.49. The van der Waals surface area contributed by atoms with Gasteiger partial charge in [-0.25, -0.2) is 18.0 Å². The van der Waals surface area contributed by atoms with Gasteiger partial charge >= 0.3 is 5.97 Å². The van der Waals surface area contributed by atoms with E-state index in [4.69, 9.17) is 9.47 Å². The van der Waals surface area contributed by atoms with Crippen molar-refractivity contribution >= 4 is 5.97 Å². The van der Waals surface area contributed by atoms with E-state index < -0.39 is 23.7 Å². The molecule has 0 aliphatic heterocycles. The molecule has 3 nitrogen and oxygen atoms in total. The molecule has 0 atom stereocenters. The van der Waals surface area contributed by atoms with Crippen LogP contribution >= 0.6 is 0 Å². The highest BCUT2D eigenvalue weighted by Gasteiger charge is 2.30. The molecule has 35 heavy (non-hydrogen) atoms. The van der Waals surface area contributed by atoms with Crippen molar-refractivity contribution in [3.05, 3.63) is 64.5 Å². The van der Waals surface area contributed by atoms with Crippen molar-refractivity contribution in [2.24, 2.45) is 5.92 Å². The van der Waals surface area contributed by atoms with Gasteiger partial charge in [0.15, 0.2) is 11.6 Å². The first-order valence-corrected chi connectivity index (χ1v) is 13.0. The van der Waals surface area contributed by atoms with Gasteiger partial charge in [0, 0.05) is 6.07 Å². The monoisotopic (exact) mass is 488 g/mol. The lowest BCUT2D eigenvalue weighted by molar-refractivity contribution is 0.0188. The Labute approximate surface area is 206 Å². The highest BCUT2D eigenvalue weighted by atomic mass is 19.2. The SMILES string of the molecule is CCOc1ccc(C2CCC(OC(=O)c3ccc(C4CCC(CC)CC4)c(F)c3F)CC2)c(F)c1. The molecule has 0 saturated heterocycles. The third-order valence-corrected chi connectivity index (χ3v) is 7.87. The van der Waals surface area contributed by atoms with E-state index in [1.807, 2.05) is 6.92 Å². The number of esters is 1. The van der Waals surface area contributed by atoms with Gasteiger partial charge in [-0.15, -0.1) is 0 Å². The average molecular weight is 489 g/mol. The lowest BCUT2D eigenvalue weighted by Crippen LogP contribution is -2.25. The van der Waals surface area contributed by atoms with Crippen LogP contribution in [-0.2, 0) is 4.74 Å². The van der Waals surface area contributed by atoms with Crippen molar-refractivity contribution < 1.29 is 27.4 Å². The summed E-state index contributed by atoms with van der Waals surface area (Å²) in [4.78, 5) is 12.7. The molecule has 2 aliphatic rings. The Morgan fingerprint density at radius 1 is 0.829 bits per heavy atom. The molecule has 6 heteroatoms. The second-order valence-corrected chi connectivity index (χ2v) is 9.95. The number of hydrogen-bond donors (Lipinski definition) is 0. The molecule has 0 spiro atoms. The molecule has 0 unspecified atom stereocenters. The summed E-state index contributed by atoms with van der Waals surface area (Å²) < 4.78 is 55.2. The fourth-order valence-corrected chi connectivity index (χ4v) is 5.72. The van der Waals surface area contributed by atoms with E-state index in [9.17, 15) is 18.0 Å². The van der Waals surface area contributed by atoms with E-state index in [0.29, 0.717) is 55.1 Å². The van der Waals surface area contributed by atoms with Crippen LogP contribution in [0.5, 0.6) is 5.75 Å². The number of benzene rings is 2. The topological polar surface area (TPSA) is 35.5 Å². The largest absolute Gasteiger partial charge is 0.494 e. The summed E-state index contributed by atoms with van der Waals surface area (Å²) in [5, 5.41) is 0. The third kappa shape index (κ3) is 5.84. The molecular weight excluding hydrogens is 453 g/mol. The van der Waals surface area contributed by atoms with E-state index in [2.05, 4.69) is 6.92 Å². The van der Waals surface area contributed by atoms with E-state index in [0.717, 1.165) is 32.1 Å². The van der Waals surface area contributed by atoms with Crippen LogP contribution in [-0.4, -0.2) is 18.7 Å². The second kappa shape index (κ2) is 11.5. The number of halogens is 3. The molecule has 0 radical (unpaired) electrons. The number of hydrogen-bond acceptors (Lipinski definition) is 3. The van der Waals surface area contributed by atoms with Crippen LogP contribution in [0.25, 0.3) is 0 Å². The van der Waals surface area contributed by atoms with Crippen LogP contribution in [0.4, 0.5) is 13.2 Å². The smallest absolute Gasteiger partial charge is 0.341 e. The van der Waals surface area contributed by atoms with Crippen molar-refractivity contribution in [1.82, 2.24) is 0 Å². The summed E-state index contributed by atoms with van der Waals surface area (Å²) in [5.41, 5.74) is 0.648. The third-order valence-electron chi connectivity index (χ3n) is 7.87. The van der Waals surface area contributed by atoms with Crippen molar-refractivity contribution in [1.29, 1.82) is 0 Å². The predicted octanol–water partition coefficient (Wildman–Crippen LogP) is 8.07. The second-order valence-electron chi connectivity index (χ2n) is 9.95. The molecule has 0 amide bonds. The van der Waals surface area contributed by atoms with Gasteiger partial charge in [0.05, 0.1) is 12.2 Å². The van der Waals surface area contributed by atoms with Crippen LogP contribution in [0.3, 0.4) is 0 Å². The Kier molecular flexibility index (Phi) is 8.40. The molecular formula is C29H35F3O3. The van der Waals surface area contributed by atoms with Crippen LogP contribution in [0.1, 0.15) is 105 Å². The van der Waals surface area contributed by atoms with Gasteiger partial charge in [0.25, 0.3) is 0 Å². The van der Waals surface area contributed by atoms with E-state index in [1.165, 1.54) is 12.1 Å². The summed E-state index contributed by atoms with van der Waals surface area (Å²) in [6.07, 6.45) is 6.86. The van der Waals surface area contributed by atoms with Gasteiger partial charge in [0.2, 0.25) is 0 Å². The minimum atomic E-state index is -1.12. The molecule has 2 aliphatic carbocycles. The number of ether oxygens (including phenoxy) is 2. The van der Waals surface area contributed by atoms with Crippen LogP contribution in [0, 0.1) is 23.4 Å². The molecule has 2 aromatic rings. The number of carbonyl (C=O) groups excluding carboxylic acids is 1. The lowest BCUT2D eigenvalue weighted by Gasteiger charge is -2.29. The summed E-state index contributed by atoms with van der Waals surface area (Å²) in [7, 11) is 0. The molecule has 2 fully saturated rings. The fraction of sp³-hybridized carbons (Fsp3) is 0.552. The Balaban J connectivity index is 1.34. The van der Waals surface area contributed by atoms with Crippen LogP contribution in [0.2, 0.25) is 0 Å². The first-order valence-electron chi connectivity index (χ1n) is 13.0. The van der Waals surface area contributed by atoms with E-state index in [1.54, 1.807) is 18.2 Å². The molecule has 2 saturated carbocycles. The zero-order valence-corrected chi connectivity index (χ0v) is 20.6. The average Bonchev–Trinajstić information content (AvgIpc) is 2.87. The lowest BCUT2D eigenvalue weighted by atomic mass is 9.77. The van der Waals surface area contributed by atoms with E-state index in [-0.39, 0.29) is 23.2 Å². The van der Waals surface area contributed by atoms with Crippen LogP contribution < -0.4 is 4.74 Å². The highest BCUT2D eigenvalue weighted by molar-refractivity contribution is 5.90. The summed E-state index contributed by atoms with van der Waals surface area (Å²) >= 11 is 0. The maximum Gasteiger partial charge on any atom is 0.341 e. The number of rotatable bonds is 7. The normalized spacial score (nSPS) is 24.7. The summed E-state index contributed by atoms with van der Waals surface area (Å²) in [5.74, 6) is -1.98. The van der Waals surface area contributed by atoms with Gasteiger partial charge in [-0.3, -0.25) is 0 Å². The van der Waals surface area contributed by atoms with Gasteiger partial charge in [0.1, 0.15) is 17.7 Å². The zero-order valence-electron chi connectivity index (χ0n) is 20.6. The number of carbonyl (C=O) groups is 1. The molecule has 0 aromatic heterocycles. The quantitative estimate of drug-likeness (QED) is 0.370. The molecule has 0 bridgehead atoms. The predicted molar refractivity (Wildman–Crippen MR) is 129 cm³/mol. The van der Waals surface area contributed by atoms with Gasteiger partial charge in [-0.1, -0.05) is 25.5 Å². The van der Waals surface area contributed by atoms with Gasteiger partial charge in [-0.05, 0) is 99.3 Å². The minimum absolute atomic E-state index is 0.00403. The molecule has 0 N–H and O–H groups in total. The van der Waals surface area contributed by atoms with Crippen LogP contribution in [0.15, 0.2) is 30.3 Å². The summed E-state index contributed by atoms with van der Waals surface area (Å²) in [6, 6.07) is 7.85. The highest BCUT2D eigenvalue weighted by Crippen LogP contribution is 2.39. The Bertz CT molecular complexity index is 1020. The van der Waals surface area contributed by atoms with Crippen molar-refractivity contribution in [3.63, 3.8) is 0 Å². The maximum atomic E-state index is 14.9. The fourth-order valence-electron chi connectivity index (χ4n) is 5.72. The van der Waals surface area contributed by atoms with Crippen molar-refractivity contribution in [3.8, 4) is 5.75 Å². The Morgan fingerprint density at radius 3 is 2.09 bits per heavy atom. The Morgan fingerprint density at radius 2 is 1.46 bits per heavy atom. The van der Waals surface area contributed by atoms with Crippen molar-refractivity contribution in [2.75, 3.05) is 6.61 Å². The molecule has 0 heterocycles. The van der Waals surface area contributed by atoms with E-state index >= 15 is 0 Å². The zero-order chi connectivity index (χ0) is 24.9. The molecule has 190 valence electrons. The maximum absolute atomic E-state index is 14.9. The first-order chi connectivity index (χ1) is 16.9. The molecule has 2 aromatic carbocycles. The Hall–Kier alpha value is -2.50. The standard InChI is InChI=1S/C29H35F3O3/c1-3-18-5-7-20(8-6-18)24-15-16-25(28(32)27(24)31)29(33)35-21-11-9-19(10-12-21)23-14-13-22(34-4-2)17-26(23)30/h13-21H,3-12H2,1-2H3. The van der Waals surface area contributed by atoms with Gasteiger partial charge < -0.3 is 9.47 Å². The van der Waals surface area contributed by atoms with Gasteiger partial charge in [-0.2, -0.15) is 0 Å².